The number of carbonyl (C=O) groups excluding carboxylic acids is 1. The van der Waals surface area contributed by atoms with Crippen molar-refractivity contribution in [2.45, 2.75) is 35.9 Å². The highest BCUT2D eigenvalue weighted by molar-refractivity contribution is 7.91. The fraction of sp³-hybridized carbons (Fsp3) is 0.533. The maximum absolute atomic E-state index is 12.0. The Labute approximate surface area is 161 Å². The van der Waals surface area contributed by atoms with Gasteiger partial charge in [0.25, 0.3) is 0 Å². The van der Waals surface area contributed by atoms with Crippen molar-refractivity contribution >= 4 is 15.7 Å². The Morgan fingerprint density at radius 2 is 1.83 bits per heavy atom. The molecule has 0 spiro atoms. The normalized spacial score (nSPS) is 16.9. The van der Waals surface area contributed by atoms with Gasteiger partial charge >= 0.3 is 12.4 Å². The summed E-state index contributed by atoms with van der Waals surface area (Å²) in [7, 11) is -1.89. The molecule has 7 nitrogen and oxygen atoms in total. The van der Waals surface area contributed by atoms with Crippen LogP contribution in [0.4, 0.5) is 26.3 Å². The lowest BCUT2D eigenvalue weighted by molar-refractivity contribution is -0.308. The third-order valence-corrected chi connectivity index (χ3v) is 5.42. The van der Waals surface area contributed by atoms with Crippen LogP contribution in [0.25, 0.3) is 0 Å². The first-order valence-electron chi connectivity index (χ1n) is 7.80. The van der Waals surface area contributed by atoms with Gasteiger partial charge in [0.1, 0.15) is 6.04 Å². The van der Waals surface area contributed by atoms with Crippen molar-refractivity contribution in [3.05, 3.63) is 29.3 Å². The van der Waals surface area contributed by atoms with E-state index in [1.165, 1.54) is 13.2 Å². The Kier molecular flexibility index (Phi) is 8.04. The highest BCUT2D eigenvalue weighted by Gasteiger charge is 2.55. The van der Waals surface area contributed by atoms with E-state index in [4.69, 9.17) is 15.6 Å². The second-order valence-electron chi connectivity index (χ2n) is 5.87. The first kappa shape index (κ1) is 25.1. The summed E-state index contributed by atoms with van der Waals surface area (Å²) in [5.41, 5.74) is 6.81. The highest BCUT2D eigenvalue weighted by Crippen LogP contribution is 2.32. The molecule has 29 heavy (non-hydrogen) atoms. The maximum atomic E-state index is 12.0. The molecule has 0 aliphatic carbocycles. The number of fused-ring (bicyclic) bond motifs is 1. The van der Waals surface area contributed by atoms with Crippen molar-refractivity contribution in [2.75, 3.05) is 19.5 Å². The number of amides is 1. The minimum absolute atomic E-state index is 0.0606. The van der Waals surface area contributed by atoms with Gasteiger partial charge in [0.05, 0.1) is 17.3 Å². The van der Waals surface area contributed by atoms with Crippen LogP contribution in [0.2, 0.25) is 0 Å². The maximum Gasteiger partial charge on any atom is 0.423 e. The molecule has 1 aliphatic heterocycles. The number of nitrogens with two attached hydrogens (primary N) is 1. The Hall–Kier alpha value is -1.90. The lowest BCUT2D eigenvalue weighted by Gasteiger charge is -2.16. The van der Waals surface area contributed by atoms with E-state index in [0.717, 1.165) is 11.1 Å². The molecule has 1 aromatic rings. The minimum Gasteiger partial charge on any atom is -0.384 e. The first-order valence-corrected chi connectivity index (χ1v) is 9.45. The molecule has 1 heterocycles. The van der Waals surface area contributed by atoms with E-state index < -0.39 is 40.2 Å². The van der Waals surface area contributed by atoms with Gasteiger partial charge in [-0.05, 0) is 23.3 Å². The summed E-state index contributed by atoms with van der Waals surface area (Å²) in [4.78, 5) is 11.5. The number of aliphatic hydroxyl groups excluding tert-OH is 1. The SMILES string of the molecule is COCCS(=O)(=O)c1ccc2c(c1)CNC2C(N)=O.OC(C(F)(F)F)C(F)(F)F. The van der Waals surface area contributed by atoms with Crippen LogP contribution in [0, 0.1) is 0 Å². The van der Waals surface area contributed by atoms with E-state index in [1.54, 1.807) is 12.1 Å². The number of ether oxygens (including phenoxy) is 1. The molecule has 0 bridgehead atoms. The number of rotatable bonds is 5. The number of benzene rings is 1. The van der Waals surface area contributed by atoms with Gasteiger partial charge in [0.2, 0.25) is 12.0 Å². The average molecular weight is 452 g/mol. The summed E-state index contributed by atoms with van der Waals surface area (Å²) >= 11 is 0. The number of sulfone groups is 1. The smallest absolute Gasteiger partial charge is 0.384 e. The number of hydrogen-bond acceptors (Lipinski definition) is 6. The largest absolute Gasteiger partial charge is 0.423 e. The molecule has 0 saturated heterocycles. The zero-order valence-corrected chi connectivity index (χ0v) is 15.7. The summed E-state index contributed by atoms with van der Waals surface area (Å²) in [6.07, 6.45) is -15.5. The zero-order chi connectivity index (χ0) is 22.6. The molecule has 1 unspecified atom stereocenters. The van der Waals surface area contributed by atoms with Gasteiger partial charge in [-0.3, -0.25) is 10.1 Å². The van der Waals surface area contributed by atoms with Crippen molar-refractivity contribution in [1.82, 2.24) is 5.32 Å². The third kappa shape index (κ3) is 6.83. The predicted octanol–water partition coefficient (Wildman–Crippen LogP) is 1.21. The van der Waals surface area contributed by atoms with Gasteiger partial charge in [-0.25, -0.2) is 8.42 Å². The summed E-state index contributed by atoms with van der Waals surface area (Å²) < 4.78 is 94.7. The van der Waals surface area contributed by atoms with E-state index in [9.17, 15) is 39.6 Å². The van der Waals surface area contributed by atoms with Crippen LogP contribution in [0.15, 0.2) is 23.1 Å². The van der Waals surface area contributed by atoms with Crippen LogP contribution in [0.3, 0.4) is 0 Å². The van der Waals surface area contributed by atoms with Crippen LogP contribution in [0.1, 0.15) is 17.2 Å². The standard InChI is InChI=1S/C12H16N2O4S.C3H2F6O/c1-18-4-5-19(16,17)9-2-3-10-8(6-9)7-14-11(10)12(13)15;4-2(5,6)1(10)3(7,8)9/h2-3,6,11,14H,4-5,7H2,1H3,(H2,13,15);1,10H. The number of primary amides is 1. The second kappa shape index (κ2) is 9.28. The number of nitrogens with one attached hydrogen (secondary N) is 1. The van der Waals surface area contributed by atoms with Gasteiger partial charge in [-0.15, -0.1) is 0 Å². The van der Waals surface area contributed by atoms with E-state index >= 15 is 0 Å². The average Bonchev–Trinajstić information content (AvgIpc) is 3.01. The lowest BCUT2D eigenvalue weighted by Crippen LogP contribution is -2.41. The fourth-order valence-electron chi connectivity index (χ4n) is 2.28. The van der Waals surface area contributed by atoms with Crippen molar-refractivity contribution < 1.29 is 49.4 Å². The minimum atomic E-state index is -5.63. The molecule has 14 heteroatoms. The topological polar surface area (TPSA) is 119 Å². The number of aliphatic hydroxyl groups is 1. The number of hydrogen-bond donors (Lipinski definition) is 3. The number of methoxy groups -OCH3 is 1. The predicted molar refractivity (Wildman–Crippen MR) is 87.3 cm³/mol. The summed E-state index contributed by atoms with van der Waals surface area (Å²) in [5.74, 6) is -0.525. The Balaban J connectivity index is 0.000000359. The van der Waals surface area contributed by atoms with Gasteiger partial charge in [0.15, 0.2) is 9.84 Å². The molecule has 4 N–H and O–H groups in total. The van der Waals surface area contributed by atoms with E-state index in [-0.39, 0.29) is 17.3 Å². The molecule has 1 aliphatic rings. The number of alkyl halides is 6. The van der Waals surface area contributed by atoms with Crippen LogP contribution in [-0.4, -0.2) is 57.4 Å². The van der Waals surface area contributed by atoms with Gasteiger partial charge in [0, 0.05) is 13.7 Å². The molecule has 0 saturated carbocycles. The van der Waals surface area contributed by atoms with E-state index in [1.807, 2.05) is 0 Å². The van der Waals surface area contributed by atoms with Crippen LogP contribution in [-0.2, 0) is 25.9 Å². The summed E-state index contributed by atoms with van der Waals surface area (Å²) in [6.45, 7) is 0.595. The Morgan fingerprint density at radius 1 is 1.28 bits per heavy atom. The van der Waals surface area contributed by atoms with Crippen LogP contribution < -0.4 is 11.1 Å². The molecule has 1 aromatic carbocycles. The molecule has 166 valence electrons. The summed E-state index contributed by atoms with van der Waals surface area (Å²) in [6, 6.07) is 4.21. The molecule has 0 fully saturated rings. The van der Waals surface area contributed by atoms with Crippen molar-refractivity contribution in [3.63, 3.8) is 0 Å². The highest BCUT2D eigenvalue weighted by atomic mass is 32.2. The van der Waals surface area contributed by atoms with Gasteiger partial charge < -0.3 is 15.6 Å². The number of halogens is 6. The molecular weight excluding hydrogens is 434 g/mol. The van der Waals surface area contributed by atoms with Crippen molar-refractivity contribution in [1.29, 1.82) is 0 Å². The zero-order valence-electron chi connectivity index (χ0n) is 14.8. The van der Waals surface area contributed by atoms with E-state index in [0.29, 0.717) is 6.54 Å². The van der Waals surface area contributed by atoms with Crippen LogP contribution >= 0.6 is 0 Å². The molecular formula is C15H18F6N2O5S. The summed E-state index contributed by atoms with van der Waals surface area (Å²) in [5, 5.41) is 10.4. The van der Waals surface area contributed by atoms with Crippen molar-refractivity contribution in [2.24, 2.45) is 5.73 Å². The first-order chi connectivity index (χ1) is 13.1. The van der Waals surface area contributed by atoms with E-state index in [2.05, 4.69) is 5.32 Å². The third-order valence-electron chi connectivity index (χ3n) is 3.74. The Bertz CT molecular complexity index is 811. The van der Waals surface area contributed by atoms with Gasteiger partial charge in [-0.1, -0.05) is 6.07 Å². The molecule has 0 aromatic heterocycles. The molecule has 1 atom stereocenters. The van der Waals surface area contributed by atoms with Gasteiger partial charge in [-0.2, -0.15) is 26.3 Å². The van der Waals surface area contributed by atoms with Crippen LogP contribution in [0.5, 0.6) is 0 Å². The number of carbonyl (C=O) groups is 1. The molecule has 1 amide bonds. The van der Waals surface area contributed by atoms with Crippen molar-refractivity contribution in [3.8, 4) is 0 Å². The lowest BCUT2D eigenvalue weighted by atomic mass is 10.1. The molecule has 2 rings (SSSR count). The monoisotopic (exact) mass is 452 g/mol. The fourth-order valence-corrected chi connectivity index (χ4v) is 3.50. The second-order valence-corrected chi connectivity index (χ2v) is 7.98. The quantitative estimate of drug-likeness (QED) is 0.578. The Morgan fingerprint density at radius 3 is 2.24 bits per heavy atom. The molecule has 0 radical (unpaired) electrons.